The maximum Gasteiger partial charge on any atom is 0.165 e. The first kappa shape index (κ1) is 18.7. The standard InChI is InChI=1S/C9H7BrN2O2.C9H7BrN2/c10-8-5-7(12(13)14)4-6-2-1-3-11-9(6)8;10-8-5-7(11)4-6-2-1-3-12-9(6)8/h1-5,12-13H;1-5H,11H2. The van der Waals surface area contributed by atoms with E-state index in [2.05, 4.69) is 41.8 Å². The van der Waals surface area contributed by atoms with E-state index in [-0.39, 0.29) is 5.69 Å². The first-order valence-electron chi connectivity index (χ1n) is 7.53. The fourth-order valence-electron chi connectivity index (χ4n) is 2.44. The highest BCUT2D eigenvalue weighted by Crippen LogP contribution is 2.25. The molecule has 4 rings (SSSR count). The maximum atomic E-state index is 10.8. The molecule has 0 aliphatic heterocycles. The molecule has 1 unspecified atom stereocenters. The van der Waals surface area contributed by atoms with Crippen molar-refractivity contribution in [1.29, 1.82) is 0 Å². The molecule has 0 aliphatic rings. The lowest BCUT2D eigenvalue weighted by atomic mass is 10.2. The van der Waals surface area contributed by atoms with Crippen molar-refractivity contribution in [2.24, 2.45) is 0 Å². The van der Waals surface area contributed by atoms with Crippen LogP contribution in [0.2, 0.25) is 0 Å². The Morgan fingerprint density at radius 2 is 1.42 bits per heavy atom. The molecule has 1 atom stereocenters. The van der Waals surface area contributed by atoms with Crippen LogP contribution in [-0.4, -0.2) is 15.2 Å². The van der Waals surface area contributed by atoms with E-state index in [1.54, 1.807) is 30.6 Å². The zero-order valence-corrected chi connectivity index (χ0v) is 16.5. The van der Waals surface area contributed by atoms with Gasteiger partial charge in [-0.2, -0.15) is 5.23 Å². The molecule has 6 nitrogen and oxygen atoms in total. The van der Waals surface area contributed by atoms with Crippen LogP contribution in [0.25, 0.3) is 21.8 Å². The lowest BCUT2D eigenvalue weighted by molar-refractivity contribution is -0.991. The van der Waals surface area contributed by atoms with Crippen LogP contribution < -0.4 is 11.0 Å². The number of quaternary nitrogens is 1. The molecule has 0 saturated carbocycles. The predicted octanol–water partition coefficient (Wildman–Crippen LogP) is 3.98. The smallest absolute Gasteiger partial charge is 0.165 e. The Hall–Kier alpha value is -2.10. The number of hydrogen-bond acceptors (Lipinski definition) is 5. The fourth-order valence-corrected chi connectivity index (χ4v) is 3.61. The Labute approximate surface area is 166 Å². The van der Waals surface area contributed by atoms with Gasteiger partial charge >= 0.3 is 0 Å². The number of halogens is 2. The minimum Gasteiger partial charge on any atom is -0.595 e. The Bertz CT molecular complexity index is 1070. The van der Waals surface area contributed by atoms with E-state index in [9.17, 15) is 5.21 Å². The van der Waals surface area contributed by atoms with E-state index in [0.29, 0.717) is 4.47 Å². The molecular weight excluding hydrogens is 464 g/mol. The summed E-state index contributed by atoms with van der Waals surface area (Å²) in [6, 6.07) is 14.4. The average Bonchev–Trinajstić information content (AvgIpc) is 2.62. The lowest BCUT2D eigenvalue weighted by Crippen LogP contribution is -2.99. The van der Waals surface area contributed by atoms with Gasteiger partial charge in [0, 0.05) is 49.9 Å². The molecule has 26 heavy (non-hydrogen) atoms. The second-order valence-corrected chi connectivity index (χ2v) is 7.12. The van der Waals surface area contributed by atoms with E-state index in [0.717, 1.165) is 32.0 Å². The summed E-state index contributed by atoms with van der Waals surface area (Å²) >= 11 is 6.70. The van der Waals surface area contributed by atoms with Crippen molar-refractivity contribution >= 4 is 65.0 Å². The van der Waals surface area contributed by atoms with Crippen molar-refractivity contribution in [2.75, 3.05) is 5.73 Å². The van der Waals surface area contributed by atoms with Crippen LogP contribution in [0.5, 0.6) is 0 Å². The topological polar surface area (TPSA) is 99.5 Å². The number of hydrogen-bond donors (Lipinski definition) is 3. The minimum atomic E-state index is -0.934. The Morgan fingerprint density at radius 1 is 0.885 bits per heavy atom. The van der Waals surface area contributed by atoms with Crippen molar-refractivity contribution in [3.8, 4) is 0 Å². The van der Waals surface area contributed by atoms with Crippen LogP contribution in [0, 0.1) is 5.21 Å². The number of rotatable bonds is 1. The van der Waals surface area contributed by atoms with Crippen molar-refractivity contribution in [3.05, 3.63) is 75.1 Å². The van der Waals surface area contributed by atoms with Crippen molar-refractivity contribution < 1.29 is 10.4 Å². The molecule has 0 fully saturated rings. The van der Waals surface area contributed by atoms with Crippen LogP contribution in [0.3, 0.4) is 0 Å². The summed E-state index contributed by atoms with van der Waals surface area (Å²) in [5.74, 6) is 0. The van der Waals surface area contributed by atoms with Gasteiger partial charge in [0.1, 0.15) is 0 Å². The van der Waals surface area contributed by atoms with Gasteiger partial charge in [-0.05, 0) is 56.1 Å². The van der Waals surface area contributed by atoms with Crippen LogP contribution in [0.15, 0.2) is 69.9 Å². The molecule has 2 heterocycles. The first-order chi connectivity index (χ1) is 12.5. The fraction of sp³-hybridized carbons (Fsp3) is 0. The summed E-state index contributed by atoms with van der Waals surface area (Å²) in [5, 5.41) is 20.5. The van der Waals surface area contributed by atoms with Gasteiger partial charge in [-0.25, -0.2) is 5.21 Å². The van der Waals surface area contributed by atoms with Crippen molar-refractivity contribution in [2.45, 2.75) is 0 Å². The zero-order chi connectivity index (χ0) is 18.7. The van der Waals surface area contributed by atoms with Crippen molar-refractivity contribution in [1.82, 2.24) is 9.97 Å². The number of pyridine rings is 2. The van der Waals surface area contributed by atoms with E-state index in [4.69, 9.17) is 10.9 Å². The van der Waals surface area contributed by atoms with Gasteiger partial charge in [0.25, 0.3) is 0 Å². The molecule has 2 aromatic heterocycles. The highest BCUT2D eigenvalue weighted by atomic mass is 79.9. The van der Waals surface area contributed by atoms with E-state index in [1.807, 2.05) is 30.3 Å². The highest BCUT2D eigenvalue weighted by Gasteiger charge is 2.06. The molecule has 0 radical (unpaired) electrons. The number of nitrogens with two attached hydrogens (primary N) is 1. The third-order valence-electron chi connectivity index (χ3n) is 3.59. The molecule has 0 saturated heterocycles. The molecule has 2 aromatic carbocycles. The number of nitrogens with one attached hydrogen (secondary N) is 1. The molecule has 0 aliphatic carbocycles. The average molecular weight is 478 g/mol. The number of aromatic nitrogens is 2. The number of fused-ring (bicyclic) bond motifs is 2. The highest BCUT2D eigenvalue weighted by molar-refractivity contribution is 9.11. The number of nitrogens with zero attached hydrogens (tertiary/aromatic N) is 2. The minimum absolute atomic E-state index is 0.261. The lowest BCUT2D eigenvalue weighted by Gasteiger charge is -2.12. The SMILES string of the molecule is Nc1cc(Br)c2ncccc2c1.[O-][NH+](O)c1cc(Br)c2ncccc2c1. The summed E-state index contributed by atoms with van der Waals surface area (Å²) in [6.07, 6.45) is 3.44. The summed E-state index contributed by atoms with van der Waals surface area (Å²) in [7, 11) is 0. The van der Waals surface area contributed by atoms with E-state index >= 15 is 0 Å². The van der Waals surface area contributed by atoms with Gasteiger partial charge < -0.3 is 10.9 Å². The summed E-state index contributed by atoms with van der Waals surface area (Å²) in [4.78, 5) is 8.36. The largest absolute Gasteiger partial charge is 0.595 e. The van der Waals surface area contributed by atoms with Gasteiger partial charge in [0.2, 0.25) is 0 Å². The summed E-state index contributed by atoms with van der Waals surface area (Å²) in [6.45, 7) is 0. The normalized spacial score (nSPS) is 11.8. The number of anilines is 1. The second-order valence-electron chi connectivity index (χ2n) is 5.42. The van der Waals surface area contributed by atoms with E-state index < -0.39 is 5.23 Å². The van der Waals surface area contributed by atoms with Gasteiger partial charge in [-0.15, -0.1) is 0 Å². The van der Waals surface area contributed by atoms with Gasteiger partial charge in [0.05, 0.1) is 11.0 Å². The third kappa shape index (κ3) is 4.17. The molecule has 0 spiro atoms. The van der Waals surface area contributed by atoms with Gasteiger partial charge in [0.15, 0.2) is 5.69 Å². The Kier molecular flexibility index (Phi) is 5.80. The summed E-state index contributed by atoms with van der Waals surface area (Å²) < 4.78 is 1.64. The van der Waals surface area contributed by atoms with Crippen LogP contribution >= 0.6 is 31.9 Å². The molecule has 132 valence electrons. The maximum absolute atomic E-state index is 10.8. The second kappa shape index (κ2) is 8.07. The monoisotopic (exact) mass is 476 g/mol. The molecule has 4 N–H and O–H groups in total. The first-order valence-corrected chi connectivity index (χ1v) is 9.11. The zero-order valence-electron chi connectivity index (χ0n) is 13.4. The molecule has 4 aromatic rings. The molecule has 0 bridgehead atoms. The number of nitrogen functional groups attached to an aromatic ring is 1. The third-order valence-corrected chi connectivity index (χ3v) is 4.80. The Morgan fingerprint density at radius 3 is 2.00 bits per heavy atom. The van der Waals surface area contributed by atoms with Crippen LogP contribution in [0.4, 0.5) is 11.4 Å². The quantitative estimate of drug-likeness (QED) is 0.284. The van der Waals surface area contributed by atoms with Gasteiger partial charge in [-0.1, -0.05) is 12.1 Å². The van der Waals surface area contributed by atoms with E-state index in [1.165, 1.54) is 0 Å². The predicted molar refractivity (Wildman–Crippen MR) is 109 cm³/mol. The number of benzene rings is 2. The van der Waals surface area contributed by atoms with Crippen LogP contribution in [0.1, 0.15) is 0 Å². The van der Waals surface area contributed by atoms with Gasteiger partial charge in [-0.3, -0.25) is 9.97 Å². The van der Waals surface area contributed by atoms with Crippen molar-refractivity contribution in [3.63, 3.8) is 0 Å². The molecular formula is C18H14Br2N4O2. The Balaban J connectivity index is 0.000000152. The molecule has 8 heteroatoms. The summed E-state index contributed by atoms with van der Waals surface area (Å²) in [5.41, 5.74) is 8.41. The van der Waals surface area contributed by atoms with Crippen LogP contribution in [-0.2, 0) is 0 Å². The molecule has 0 amide bonds.